The van der Waals surface area contributed by atoms with Crippen LogP contribution in [-0.2, 0) is 10.0 Å². The second-order valence-corrected chi connectivity index (χ2v) is 6.97. The molecule has 1 saturated carbocycles. The Kier molecular flexibility index (Phi) is 4.29. The molecule has 1 aliphatic rings. The zero-order chi connectivity index (χ0) is 15.8. The van der Waals surface area contributed by atoms with Gasteiger partial charge in [-0.2, -0.15) is 4.31 Å². The summed E-state index contributed by atoms with van der Waals surface area (Å²) in [5, 5.41) is 8.80. The maximum atomic E-state index is 14.1. The first-order chi connectivity index (χ1) is 9.76. The highest BCUT2D eigenvalue weighted by atomic mass is 32.2. The Balaban J connectivity index is 2.50. The molecule has 0 atom stereocenters. The fraction of sp³-hybridized carbons (Fsp3) is 0.462. The van der Waals surface area contributed by atoms with Crippen molar-refractivity contribution >= 4 is 16.0 Å². The second kappa shape index (κ2) is 5.69. The predicted octanol–water partition coefficient (Wildman–Crippen LogP) is 2.23. The van der Waals surface area contributed by atoms with Crippen molar-refractivity contribution in [3.05, 3.63) is 29.3 Å². The summed E-state index contributed by atoms with van der Waals surface area (Å²) in [6.45, 7) is 0. The van der Waals surface area contributed by atoms with Crippen LogP contribution in [0.4, 0.5) is 8.78 Å². The summed E-state index contributed by atoms with van der Waals surface area (Å²) in [6.07, 6.45) is 3.11. The van der Waals surface area contributed by atoms with E-state index in [4.69, 9.17) is 5.11 Å². The van der Waals surface area contributed by atoms with Crippen molar-refractivity contribution in [1.82, 2.24) is 4.31 Å². The van der Waals surface area contributed by atoms with E-state index in [2.05, 4.69) is 0 Å². The number of benzene rings is 1. The zero-order valence-corrected chi connectivity index (χ0v) is 12.2. The first-order valence-electron chi connectivity index (χ1n) is 6.46. The number of sulfonamides is 1. The number of halogens is 2. The monoisotopic (exact) mass is 319 g/mol. The van der Waals surface area contributed by atoms with E-state index < -0.39 is 38.1 Å². The Hall–Kier alpha value is -1.54. The lowest BCUT2D eigenvalue weighted by Crippen LogP contribution is -2.36. The minimum Gasteiger partial charge on any atom is -0.477 e. The number of carboxylic acid groups (broad SMARTS) is 1. The van der Waals surface area contributed by atoms with Gasteiger partial charge in [-0.05, 0) is 25.0 Å². The first kappa shape index (κ1) is 15.8. The number of hydrogen-bond acceptors (Lipinski definition) is 3. The normalized spacial score (nSPS) is 16.6. The lowest BCUT2D eigenvalue weighted by molar-refractivity contribution is 0.0685. The van der Waals surface area contributed by atoms with E-state index in [1.807, 2.05) is 0 Å². The number of carbonyl (C=O) groups is 1. The van der Waals surface area contributed by atoms with Crippen LogP contribution in [0.2, 0.25) is 0 Å². The quantitative estimate of drug-likeness (QED) is 0.923. The molecule has 116 valence electrons. The molecule has 5 nitrogen and oxygen atoms in total. The molecule has 0 aromatic heterocycles. The standard InChI is InChI=1S/C13H15F2NO4S/c1-16(8-4-2-3-5-8)21(19,20)10-7-6-9(14)11(12(10)15)13(17)18/h6-8H,2-5H2,1H3,(H,17,18). The van der Waals surface area contributed by atoms with Gasteiger partial charge >= 0.3 is 5.97 Å². The summed E-state index contributed by atoms with van der Waals surface area (Å²) in [6, 6.07) is 1.17. The van der Waals surface area contributed by atoms with E-state index in [0.717, 1.165) is 23.2 Å². The van der Waals surface area contributed by atoms with E-state index in [1.165, 1.54) is 7.05 Å². The highest BCUT2D eigenvalue weighted by molar-refractivity contribution is 7.89. The Morgan fingerprint density at radius 3 is 2.38 bits per heavy atom. The molecule has 0 unspecified atom stereocenters. The molecule has 1 aromatic rings. The van der Waals surface area contributed by atoms with Gasteiger partial charge < -0.3 is 5.11 Å². The van der Waals surface area contributed by atoms with Gasteiger partial charge in [-0.3, -0.25) is 0 Å². The first-order valence-corrected chi connectivity index (χ1v) is 7.90. The van der Waals surface area contributed by atoms with Crippen LogP contribution in [-0.4, -0.2) is 36.9 Å². The van der Waals surface area contributed by atoms with Gasteiger partial charge in [0.15, 0.2) is 5.82 Å². The number of hydrogen-bond donors (Lipinski definition) is 1. The number of carboxylic acids is 1. The third kappa shape index (κ3) is 2.77. The van der Waals surface area contributed by atoms with Crippen molar-refractivity contribution in [2.45, 2.75) is 36.6 Å². The Morgan fingerprint density at radius 1 is 1.29 bits per heavy atom. The summed E-state index contributed by atoms with van der Waals surface area (Å²) < 4.78 is 53.3. The summed E-state index contributed by atoms with van der Waals surface area (Å²) in [4.78, 5) is 10.0. The third-order valence-corrected chi connectivity index (χ3v) is 5.69. The van der Waals surface area contributed by atoms with E-state index >= 15 is 0 Å². The van der Waals surface area contributed by atoms with Gasteiger partial charge in [0.05, 0.1) is 0 Å². The van der Waals surface area contributed by atoms with Crippen LogP contribution < -0.4 is 0 Å². The van der Waals surface area contributed by atoms with Crippen LogP contribution >= 0.6 is 0 Å². The summed E-state index contributed by atoms with van der Waals surface area (Å²) in [5.41, 5.74) is -1.25. The van der Waals surface area contributed by atoms with Gasteiger partial charge in [0, 0.05) is 13.1 Å². The maximum absolute atomic E-state index is 14.1. The molecule has 0 bridgehead atoms. The van der Waals surface area contributed by atoms with Crippen LogP contribution in [0.3, 0.4) is 0 Å². The fourth-order valence-corrected chi connectivity index (χ4v) is 4.03. The van der Waals surface area contributed by atoms with E-state index in [0.29, 0.717) is 18.9 Å². The molecule has 0 spiro atoms. The van der Waals surface area contributed by atoms with Crippen LogP contribution in [0.25, 0.3) is 0 Å². The van der Waals surface area contributed by atoms with Crippen molar-refractivity contribution in [3.63, 3.8) is 0 Å². The molecule has 1 aromatic carbocycles. The number of aromatic carboxylic acids is 1. The van der Waals surface area contributed by atoms with Crippen LogP contribution in [0.15, 0.2) is 17.0 Å². The van der Waals surface area contributed by atoms with E-state index in [1.54, 1.807) is 0 Å². The molecule has 0 heterocycles. The largest absolute Gasteiger partial charge is 0.477 e. The lowest BCUT2D eigenvalue weighted by Gasteiger charge is -2.24. The Bertz CT molecular complexity index is 669. The van der Waals surface area contributed by atoms with Crippen molar-refractivity contribution in [3.8, 4) is 0 Å². The topological polar surface area (TPSA) is 74.7 Å². The third-order valence-electron chi connectivity index (χ3n) is 3.77. The van der Waals surface area contributed by atoms with Crippen molar-refractivity contribution < 1.29 is 27.1 Å². The lowest BCUT2D eigenvalue weighted by atomic mass is 10.2. The van der Waals surface area contributed by atoms with Gasteiger partial charge in [0.1, 0.15) is 16.3 Å². The van der Waals surface area contributed by atoms with Crippen molar-refractivity contribution in [2.75, 3.05) is 7.05 Å². The SMILES string of the molecule is CN(C1CCCC1)S(=O)(=O)c1ccc(F)c(C(=O)O)c1F. The minimum atomic E-state index is -4.20. The van der Waals surface area contributed by atoms with Gasteiger partial charge in [-0.25, -0.2) is 22.0 Å². The highest BCUT2D eigenvalue weighted by Gasteiger charge is 2.34. The molecule has 2 rings (SSSR count). The predicted molar refractivity (Wildman–Crippen MR) is 70.5 cm³/mol. The molecule has 1 fully saturated rings. The molecule has 1 N–H and O–H groups in total. The van der Waals surface area contributed by atoms with E-state index in [9.17, 15) is 22.0 Å². The second-order valence-electron chi connectivity index (χ2n) is 5.00. The molecule has 0 aliphatic heterocycles. The Morgan fingerprint density at radius 2 is 1.86 bits per heavy atom. The molecule has 21 heavy (non-hydrogen) atoms. The van der Waals surface area contributed by atoms with Gasteiger partial charge in [0.2, 0.25) is 10.0 Å². The van der Waals surface area contributed by atoms with E-state index in [-0.39, 0.29) is 6.04 Å². The molecule has 1 aliphatic carbocycles. The highest BCUT2D eigenvalue weighted by Crippen LogP contribution is 2.29. The zero-order valence-electron chi connectivity index (χ0n) is 11.3. The Labute approximate surface area is 121 Å². The summed E-state index contributed by atoms with van der Waals surface area (Å²) in [5.74, 6) is -4.71. The van der Waals surface area contributed by atoms with Gasteiger partial charge in [-0.15, -0.1) is 0 Å². The van der Waals surface area contributed by atoms with Crippen molar-refractivity contribution in [2.24, 2.45) is 0 Å². The average molecular weight is 319 g/mol. The molecule has 0 radical (unpaired) electrons. The minimum absolute atomic E-state index is 0.243. The summed E-state index contributed by atoms with van der Waals surface area (Å²) in [7, 11) is -2.87. The van der Waals surface area contributed by atoms with Gasteiger partial charge in [-0.1, -0.05) is 12.8 Å². The number of nitrogens with zero attached hydrogens (tertiary/aromatic N) is 1. The average Bonchev–Trinajstić information content (AvgIpc) is 2.90. The van der Waals surface area contributed by atoms with Gasteiger partial charge in [0.25, 0.3) is 0 Å². The molecular formula is C13H15F2NO4S. The smallest absolute Gasteiger partial charge is 0.341 e. The number of rotatable bonds is 4. The van der Waals surface area contributed by atoms with Crippen molar-refractivity contribution in [1.29, 1.82) is 0 Å². The fourth-order valence-electron chi connectivity index (χ4n) is 2.55. The molecule has 0 amide bonds. The molecular weight excluding hydrogens is 304 g/mol. The maximum Gasteiger partial charge on any atom is 0.341 e. The summed E-state index contributed by atoms with van der Waals surface area (Å²) >= 11 is 0. The van der Waals surface area contributed by atoms with Crippen LogP contribution in [0.1, 0.15) is 36.0 Å². The van der Waals surface area contributed by atoms with Crippen LogP contribution in [0, 0.1) is 11.6 Å². The molecule has 8 heteroatoms. The van der Waals surface area contributed by atoms with Crippen LogP contribution in [0.5, 0.6) is 0 Å². The molecule has 0 saturated heterocycles.